The zero-order valence-corrected chi connectivity index (χ0v) is 9.53. The van der Waals surface area contributed by atoms with Crippen molar-refractivity contribution in [3.63, 3.8) is 0 Å². The molecule has 2 rings (SSSR count). The van der Waals surface area contributed by atoms with E-state index in [0.29, 0.717) is 0 Å². The number of aryl methyl sites for hydroxylation is 1. The average Bonchev–Trinajstić information content (AvgIpc) is 2.70. The van der Waals surface area contributed by atoms with Gasteiger partial charge in [0.15, 0.2) is 5.82 Å². The minimum Gasteiger partial charge on any atom is -0.394 e. The van der Waals surface area contributed by atoms with Gasteiger partial charge < -0.3 is 11.1 Å². The number of anilines is 2. The summed E-state index contributed by atoms with van der Waals surface area (Å²) in [6.07, 6.45) is 5.90. The molecular formula is C11H20N4. The first-order chi connectivity index (χ1) is 7.16. The van der Waals surface area contributed by atoms with Gasteiger partial charge in [0.1, 0.15) is 0 Å². The van der Waals surface area contributed by atoms with Crippen LogP contribution >= 0.6 is 0 Å². The number of nitrogens with one attached hydrogen (secondary N) is 1. The molecule has 1 fully saturated rings. The van der Waals surface area contributed by atoms with Crippen LogP contribution < -0.4 is 11.1 Å². The Balaban J connectivity index is 1.90. The lowest BCUT2D eigenvalue weighted by atomic mass is 9.98. The van der Waals surface area contributed by atoms with E-state index < -0.39 is 0 Å². The molecule has 0 spiro atoms. The Bertz CT molecular complexity index is 331. The molecule has 4 nitrogen and oxygen atoms in total. The number of nitrogen functional groups attached to an aromatic ring is 1. The van der Waals surface area contributed by atoms with Crippen LogP contribution in [0.2, 0.25) is 0 Å². The van der Waals surface area contributed by atoms with Crippen molar-refractivity contribution in [3.8, 4) is 0 Å². The number of nitrogens with zero attached hydrogens (tertiary/aromatic N) is 2. The summed E-state index contributed by atoms with van der Waals surface area (Å²) in [5, 5.41) is 7.63. The second-order valence-corrected chi connectivity index (χ2v) is 4.66. The van der Waals surface area contributed by atoms with Gasteiger partial charge in [0.25, 0.3) is 0 Å². The highest BCUT2D eigenvalue weighted by atomic mass is 15.3. The van der Waals surface area contributed by atoms with E-state index in [-0.39, 0.29) is 0 Å². The van der Waals surface area contributed by atoms with E-state index in [1.807, 2.05) is 13.2 Å². The van der Waals surface area contributed by atoms with Gasteiger partial charge in [0.05, 0.1) is 5.69 Å². The van der Waals surface area contributed by atoms with E-state index in [4.69, 9.17) is 5.73 Å². The van der Waals surface area contributed by atoms with Crippen molar-refractivity contribution in [3.05, 3.63) is 6.20 Å². The lowest BCUT2D eigenvalue weighted by Gasteiger charge is -2.15. The Hall–Kier alpha value is -1.19. The summed E-state index contributed by atoms with van der Waals surface area (Å²) >= 11 is 0. The standard InChI is InChI=1S/C11H20N4/c1-8-4-3-5-9(8)6-13-11-10(12)7-15(2)14-11/h7-9H,3-6,12H2,1-2H3,(H,13,14). The summed E-state index contributed by atoms with van der Waals surface area (Å²) < 4.78 is 1.75. The monoisotopic (exact) mass is 208 g/mol. The van der Waals surface area contributed by atoms with Gasteiger partial charge in [-0.15, -0.1) is 0 Å². The van der Waals surface area contributed by atoms with Gasteiger partial charge in [-0.1, -0.05) is 19.8 Å². The van der Waals surface area contributed by atoms with Crippen molar-refractivity contribution in [2.45, 2.75) is 26.2 Å². The molecule has 0 aliphatic heterocycles. The minimum atomic E-state index is 0.739. The van der Waals surface area contributed by atoms with E-state index in [0.717, 1.165) is 29.9 Å². The summed E-state index contributed by atoms with van der Waals surface area (Å²) in [5.41, 5.74) is 6.55. The fraction of sp³-hybridized carbons (Fsp3) is 0.727. The minimum absolute atomic E-state index is 0.739. The highest BCUT2D eigenvalue weighted by molar-refractivity contribution is 5.59. The van der Waals surface area contributed by atoms with Crippen LogP contribution in [0.5, 0.6) is 0 Å². The third-order valence-corrected chi connectivity index (χ3v) is 3.43. The maximum absolute atomic E-state index is 5.81. The van der Waals surface area contributed by atoms with Crippen LogP contribution in [-0.4, -0.2) is 16.3 Å². The van der Waals surface area contributed by atoms with Crippen LogP contribution in [-0.2, 0) is 7.05 Å². The van der Waals surface area contributed by atoms with Crippen molar-refractivity contribution in [2.24, 2.45) is 18.9 Å². The molecule has 1 heterocycles. The van der Waals surface area contributed by atoms with E-state index in [9.17, 15) is 0 Å². The summed E-state index contributed by atoms with van der Waals surface area (Å²) in [7, 11) is 1.89. The lowest BCUT2D eigenvalue weighted by molar-refractivity contribution is 0.439. The molecule has 15 heavy (non-hydrogen) atoms. The summed E-state index contributed by atoms with van der Waals surface area (Å²) in [6.45, 7) is 3.34. The molecule has 1 aliphatic rings. The van der Waals surface area contributed by atoms with Crippen LogP contribution in [0.4, 0.5) is 11.5 Å². The zero-order valence-electron chi connectivity index (χ0n) is 9.53. The molecule has 1 saturated carbocycles. The maximum atomic E-state index is 5.81. The van der Waals surface area contributed by atoms with Crippen molar-refractivity contribution in [2.75, 3.05) is 17.6 Å². The number of hydrogen-bond acceptors (Lipinski definition) is 3. The first-order valence-electron chi connectivity index (χ1n) is 5.70. The Kier molecular flexibility index (Phi) is 2.84. The topological polar surface area (TPSA) is 55.9 Å². The molecule has 0 bridgehead atoms. The van der Waals surface area contributed by atoms with Crippen LogP contribution in [0, 0.1) is 11.8 Å². The number of hydrogen-bond donors (Lipinski definition) is 2. The molecule has 3 N–H and O–H groups in total. The normalized spacial score (nSPS) is 25.7. The van der Waals surface area contributed by atoms with E-state index >= 15 is 0 Å². The zero-order chi connectivity index (χ0) is 10.8. The summed E-state index contributed by atoms with van der Waals surface area (Å²) in [6, 6.07) is 0. The van der Waals surface area contributed by atoms with Gasteiger partial charge in [-0.2, -0.15) is 5.10 Å². The van der Waals surface area contributed by atoms with Gasteiger partial charge in [-0.3, -0.25) is 4.68 Å². The molecule has 4 heteroatoms. The quantitative estimate of drug-likeness (QED) is 0.797. The SMILES string of the molecule is CC1CCCC1CNc1nn(C)cc1N. The smallest absolute Gasteiger partial charge is 0.171 e. The highest BCUT2D eigenvalue weighted by Gasteiger charge is 2.23. The van der Waals surface area contributed by atoms with Crippen LogP contribution in [0.15, 0.2) is 6.20 Å². The third kappa shape index (κ3) is 2.25. The molecule has 0 amide bonds. The van der Waals surface area contributed by atoms with E-state index in [1.165, 1.54) is 19.3 Å². The molecule has 0 saturated heterocycles. The van der Waals surface area contributed by atoms with Crippen LogP contribution in [0.25, 0.3) is 0 Å². The first kappa shape index (κ1) is 10.3. The summed E-state index contributed by atoms with van der Waals surface area (Å²) in [4.78, 5) is 0. The second-order valence-electron chi connectivity index (χ2n) is 4.66. The highest BCUT2D eigenvalue weighted by Crippen LogP contribution is 2.31. The van der Waals surface area contributed by atoms with Crippen molar-refractivity contribution < 1.29 is 0 Å². The molecule has 1 aromatic heterocycles. The van der Waals surface area contributed by atoms with Gasteiger partial charge in [0.2, 0.25) is 0 Å². The molecule has 2 unspecified atom stereocenters. The third-order valence-electron chi connectivity index (χ3n) is 3.43. The van der Waals surface area contributed by atoms with Gasteiger partial charge in [0, 0.05) is 19.8 Å². The fourth-order valence-corrected chi connectivity index (χ4v) is 2.40. The molecular weight excluding hydrogens is 188 g/mol. The lowest BCUT2D eigenvalue weighted by Crippen LogP contribution is -2.17. The first-order valence-corrected chi connectivity index (χ1v) is 5.70. The maximum Gasteiger partial charge on any atom is 0.171 e. The van der Waals surface area contributed by atoms with Gasteiger partial charge >= 0.3 is 0 Å². The Morgan fingerprint density at radius 1 is 1.60 bits per heavy atom. The van der Waals surface area contributed by atoms with Crippen molar-refractivity contribution >= 4 is 11.5 Å². The van der Waals surface area contributed by atoms with E-state index in [2.05, 4.69) is 17.3 Å². The van der Waals surface area contributed by atoms with Crippen molar-refractivity contribution in [1.29, 1.82) is 0 Å². The summed E-state index contributed by atoms with van der Waals surface area (Å²) in [5.74, 6) is 2.45. The van der Waals surface area contributed by atoms with Crippen LogP contribution in [0.1, 0.15) is 26.2 Å². The van der Waals surface area contributed by atoms with Gasteiger partial charge in [-0.25, -0.2) is 0 Å². The molecule has 0 aromatic carbocycles. The molecule has 1 aliphatic carbocycles. The van der Waals surface area contributed by atoms with Crippen LogP contribution in [0.3, 0.4) is 0 Å². The second kappa shape index (κ2) is 4.13. The molecule has 0 radical (unpaired) electrons. The Labute approximate surface area is 90.8 Å². The van der Waals surface area contributed by atoms with Gasteiger partial charge in [-0.05, 0) is 18.3 Å². The largest absolute Gasteiger partial charge is 0.394 e. The molecule has 1 aromatic rings. The predicted octanol–water partition coefficient (Wildman–Crippen LogP) is 1.85. The van der Waals surface area contributed by atoms with Crippen molar-refractivity contribution in [1.82, 2.24) is 9.78 Å². The Morgan fingerprint density at radius 2 is 2.40 bits per heavy atom. The number of nitrogens with two attached hydrogens (primary N) is 1. The number of aromatic nitrogens is 2. The number of rotatable bonds is 3. The predicted molar refractivity (Wildman–Crippen MR) is 62.6 cm³/mol. The molecule has 2 atom stereocenters. The average molecular weight is 208 g/mol. The molecule has 84 valence electrons. The fourth-order valence-electron chi connectivity index (χ4n) is 2.40. The van der Waals surface area contributed by atoms with E-state index in [1.54, 1.807) is 4.68 Å². The Morgan fingerprint density at radius 3 is 2.93 bits per heavy atom.